The number of hydrogen-bond donors (Lipinski definition) is 1. The molecule has 0 spiro atoms. The third-order valence-corrected chi connectivity index (χ3v) is 4.66. The van der Waals surface area contributed by atoms with E-state index in [1.807, 2.05) is 12.4 Å². The van der Waals surface area contributed by atoms with E-state index in [1.54, 1.807) is 0 Å². The number of aromatic nitrogens is 2. The molecule has 106 valence electrons. The Morgan fingerprint density at radius 1 is 1.30 bits per heavy atom. The van der Waals surface area contributed by atoms with Crippen LogP contribution >= 0.6 is 0 Å². The third-order valence-electron chi connectivity index (χ3n) is 4.66. The largest absolute Gasteiger partial charge is 0.495 e. The molecule has 1 aliphatic rings. The second kappa shape index (κ2) is 4.33. The van der Waals surface area contributed by atoms with Gasteiger partial charge in [-0.1, -0.05) is 13.8 Å². The predicted molar refractivity (Wildman–Crippen MR) is 81.1 cm³/mol. The molecule has 0 aromatic carbocycles. The number of rotatable bonds is 1. The number of H-pyrrole nitrogens is 1. The summed E-state index contributed by atoms with van der Waals surface area (Å²) in [5.74, 6) is 0. The average Bonchev–Trinajstić information content (AvgIpc) is 2.74. The van der Waals surface area contributed by atoms with Gasteiger partial charge < -0.3 is 14.3 Å². The summed E-state index contributed by atoms with van der Waals surface area (Å²) in [5.41, 5.74) is 2.82. The van der Waals surface area contributed by atoms with E-state index in [0.29, 0.717) is 6.61 Å². The summed E-state index contributed by atoms with van der Waals surface area (Å²) in [6.07, 6.45) is 3.80. The SMILES string of the molecule is Cc1c[nH]c2ncc(B3OCC(C)(C)C(C)(C)O3)cc12. The molecule has 1 aliphatic heterocycles. The summed E-state index contributed by atoms with van der Waals surface area (Å²) in [5, 5.41) is 1.12. The van der Waals surface area contributed by atoms with Crippen LogP contribution in [0.5, 0.6) is 0 Å². The molecule has 0 amide bonds. The quantitative estimate of drug-likeness (QED) is 0.811. The molecule has 1 N–H and O–H groups in total. The van der Waals surface area contributed by atoms with Gasteiger partial charge in [0.05, 0.1) is 5.60 Å². The topological polar surface area (TPSA) is 47.1 Å². The van der Waals surface area contributed by atoms with E-state index < -0.39 is 0 Å². The summed E-state index contributed by atoms with van der Waals surface area (Å²) in [7, 11) is -0.343. The molecule has 0 aliphatic carbocycles. The zero-order valence-electron chi connectivity index (χ0n) is 12.8. The van der Waals surface area contributed by atoms with E-state index in [4.69, 9.17) is 9.31 Å². The standard InChI is InChI=1S/C15H21BN2O2/c1-10-7-17-13-12(10)6-11(8-18-13)16-19-9-14(2,3)15(4,5)20-16/h6-8H,9H2,1-5H3,(H,17,18). The zero-order valence-corrected chi connectivity index (χ0v) is 12.8. The minimum Gasteiger partial charge on any atom is -0.407 e. The first-order chi connectivity index (χ1) is 9.30. The Hall–Kier alpha value is -1.33. The van der Waals surface area contributed by atoms with Gasteiger partial charge in [0.1, 0.15) is 5.65 Å². The minimum atomic E-state index is -0.343. The molecule has 0 bridgehead atoms. The van der Waals surface area contributed by atoms with Crippen LogP contribution in [0.3, 0.4) is 0 Å². The average molecular weight is 272 g/mol. The first kappa shape index (κ1) is 13.6. The van der Waals surface area contributed by atoms with Crippen molar-refractivity contribution in [3.05, 3.63) is 24.0 Å². The van der Waals surface area contributed by atoms with Crippen LogP contribution in [-0.2, 0) is 9.31 Å². The molecule has 5 heteroatoms. The maximum absolute atomic E-state index is 6.17. The van der Waals surface area contributed by atoms with Gasteiger partial charge in [-0.25, -0.2) is 4.98 Å². The first-order valence-corrected chi connectivity index (χ1v) is 7.03. The second-order valence-corrected chi connectivity index (χ2v) is 6.79. The van der Waals surface area contributed by atoms with Crippen LogP contribution in [-0.4, -0.2) is 29.3 Å². The second-order valence-electron chi connectivity index (χ2n) is 6.79. The highest BCUT2D eigenvalue weighted by molar-refractivity contribution is 6.61. The van der Waals surface area contributed by atoms with Gasteiger partial charge in [-0.2, -0.15) is 0 Å². The smallest absolute Gasteiger partial charge is 0.407 e. The molecule has 3 rings (SSSR count). The highest BCUT2D eigenvalue weighted by Gasteiger charge is 2.47. The van der Waals surface area contributed by atoms with Crippen molar-refractivity contribution >= 4 is 23.6 Å². The first-order valence-electron chi connectivity index (χ1n) is 7.03. The summed E-state index contributed by atoms with van der Waals surface area (Å²) >= 11 is 0. The van der Waals surface area contributed by atoms with Gasteiger partial charge >= 0.3 is 7.12 Å². The van der Waals surface area contributed by atoms with E-state index in [0.717, 1.165) is 16.5 Å². The Morgan fingerprint density at radius 2 is 2.05 bits per heavy atom. The van der Waals surface area contributed by atoms with Crippen molar-refractivity contribution in [1.82, 2.24) is 9.97 Å². The Labute approximate surface area is 120 Å². The van der Waals surface area contributed by atoms with Gasteiger partial charge in [-0.15, -0.1) is 0 Å². The third kappa shape index (κ3) is 2.05. The molecule has 20 heavy (non-hydrogen) atoms. The van der Waals surface area contributed by atoms with E-state index in [-0.39, 0.29) is 18.1 Å². The van der Waals surface area contributed by atoms with Crippen LogP contribution in [0.25, 0.3) is 11.0 Å². The van der Waals surface area contributed by atoms with Gasteiger partial charge in [0, 0.05) is 35.3 Å². The van der Waals surface area contributed by atoms with Crippen molar-refractivity contribution in [2.75, 3.05) is 6.61 Å². The summed E-state index contributed by atoms with van der Waals surface area (Å²) in [6, 6.07) is 2.10. The summed E-state index contributed by atoms with van der Waals surface area (Å²) in [4.78, 5) is 7.60. The normalized spacial score (nSPS) is 21.4. The Morgan fingerprint density at radius 3 is 2.75 bits per heavy atom. The molecule has 1 saturated heterocycles. The fourth-order valence-corrected chi connectivity index (χ4v) is 2.36. The number of aromatic amines is 1. The number of fused-ring (bicyclic) bond motifs is 1. The van der Waals surface area contributed by atoms with E-state index in [9.17, 15) is 0 Å². The van der Waals surface area contributed by atoms with Crippen LogP contribution in [0.1, 0.15) is 33.3 Å². The van der Waals surface area contributed by atoms with Crippen molar-refractivity contribution in [3.8, 4) is 0 Å². The van der Waals surface area contributed by atoms with Crippen molar-refractivity contribution in [2.45, 2.75) is 40.2 Å². The number of pyridine rings is 1. The van der Waals surface area contributed by atoms with Gasteiger partial charge in [0.2, 0.25) is 0 Å². The molecule has 2 aromatic rings. The predicted octanol–water partition coefficient (Wildman–Crippen LogP) is 2.42. The van der Waals surface area contributed by atoms with E-state index in [1.165, 1.54) is 5.56 Å². The van der Waals surface area contributed by atoms with Gasteiger partial charge in [0.25, 0.3) is 0 Å². The lowest BCUT2D eigenvalue weighted by Gasteiger charge is -2.47. The van der Waals surface area contributed by atoms with Crippen LogP contribution < -0.4 is 5.46 Å². The Balaban J connectivity index is 1.94. The molecular formula is C15H21BN2O2. The molecular weight excluding hydrogens is 251 g/mol. The molecule has 0 saturated carbocycles. The van der Waals surface area contributed by atoms with Crippen molar-refractivity contribution in [1.29, 1.82) is 0 Å². The number of aryl methyl sites for hydroxylation is 1. The van der Waals surface area contributed by atoms with Crippen molar-refractivity contribution in [3.63, 3.8) is 0 Å². The molecule has 0 unspecified atom stereocenters. The van der Waals surface area contributed by atoms with Gasteiger partial charge in [0.15, 0.2) is 0 Å². The monoisotopic (exact) mass is 272 g/mol. The molecule has 3 heterocycles. The number of hydrogen-bond acceptors (Lipinski definition) is 3. The molecule has 2 aromatic heterocycles. The maximum atomic E-state index is 6.17. The number of nitrogens with one attached hydrogen (secondary N) is 1. The van der Waals surface area contributed by atoms with Crippen LogP contribution in [0.15, 0.2) is 18.5 Å². The number of nitrogens with zero attached hydrogens (tertiary/aromatic N) is 1. The van der Waals surface area contributed by atoms with Crippen LogP contribution in [0.2, 0.25) is 0 Å². The van der Waals surface area contributed by atoms with E-state index >= 15 is 0 Å². The molecule has 1 fully saturated rings. The fraction of sp³-hybridized carbons (Fsp3) is 0.533. The summed E-state index contributed by atoms with van der Waals surface area (Å²) < 4.78 is 12.1. The lowest BCUT2D eigenvalue weighted by molar-refractivity contribution is -0.0937. The lowest BCUT2D eigenvalue weighted by atomic mass is 9.69. The Kier molecular flexibility index (Phi) is 2.96. The van der Waals surface area contributed by atoms with Crippen LogP contribution in [0, 0.1) is 12.3 Å². The fourth-order valence-electron chi connectivity index (χ4n) is 2.36. The highest BCUT2D eigenvalue weighted by Crippen LogP contribution is 2.38. The lowest BCUT2D eigenvalue weighted by Crippen LogP contribution is -2.58. The highest BCUT2D eigenvalue weighted by atomic mass is 16.6. The van der Waals surface area contributed by atoms with E-state index in [2.05, 4.69) is 50.7 Å². The molecule has 0 radical (unpaired) electrons. The summed E-state index contributed by atoms with van der Waals surface area (Å²) in [6.45, 7) is 11.3. The van der Waals surface area contributed by atoms with Crippen molar-refractivity contribution < 1.29 is 9.31 Å². The minimum absolute atomic E-state index is 0.00890. The van der Waals surface area contributed by atoms with Gasteiger partial charge in [-0.3, -0.25) is 0 Å². The van der Waals surface area contributed by atoms with Crippen LogP contribution in [0.4, 0.5) is 0 Å². The maximum Gasteiger partial charge on any atom is 0.495 e. The van der Waals surface area contributed by atoms with Crippen molar-refractivity contribution in [2.24, 2.45) is 5.41 Å². The van der Waals surface area contributed by atoms with Gasteiger partial charge in [-0.05, 0) is 32.4 Å². The zero-order chi connectivity index (χ0) is 14.5. The molecule has 4 nitrogen and oxygen atoms in total. The molecule has 0 atom stereocenters. The Bertz CT molecular complexity index is 648.